The summed E-state index contributed by atoms with van der Waals surface area (Å²) in [6, 6.07) is 22.3. The third-order valence-corrected chi connectivity index (χ3v) is 7.34. The van der Waals surface area contributed by atoms with Crippen LogP contribution in [0.2, 0.25) is 0 Å². The van der Waals surface area contributed by atoms with Crippen LogP contribution in [0, 0.1) is 26.8 Å². The Kier molecular flexibility index (Phi) is 8.45. The molecule has 2 aromatic carbocycles. The fourth-order valence-corrected chi connectivity index (χ4v) is 5.80. The van der Waals surface area contributed by atoms with Gasteiger partial charge in [0.15, 0.2) is 5.78 Å². The van der Waals surface area contributed by atoms with Crippen molar-refractivity contribution in [3.05, 3.63) is 95.5 Å². The molecule has 0 fully saturated rings. The zero-order valence-corrected chi connectivity index (χ0v) is 25.5. The fourth-order valence-electron chi connectivity index (χ4n) is 4.61. The van der Waals surface area contributed by atoms with Gasteiger partial charge in [-0.2, -0.15) is 0 Å². The molecular weight excluding hydrogens is 685 g/mol. The molecule has 39 heavy (non-hydrogen) atoms. The van der Waals surface area contributed by atoms with Gasteiger partial charge in [0, 0.05) is 48.3 Å². The van der Waals surface area contributed by atoms with Crippen LogP contribution in [0.4, 0.5) is 0 Å². The van der Waals surface area contributed by atoms with Crippen LogP contribution in [0.1, 0.15) is 30.7 Å². The number of thiophene rings is 1. The van der Waals surface area contributed by atoms with Crippen molar-refractivity contribution in [1.82, 2.24) is 9.97 Å². The number of furan rings is 1. The first-order chi connectivity index (χ1) is 18.2. The first-order valence-electron chi connectivity index (χ1n) is 12.3. The first-order valence-corrected chi connectivity index (χ1v) is 13.1. The van der Waals surface area contributed by atoms with Crippen molar-refractivity contribution in [2.45, 2.75) is 34.6 Å². The molecule has 0 aliphatic heterocycles. The monoisotopic (exact) mass is 712 g/mol. The summed E-state index contributed by atoms with van der Waals surface area (Å²) < 4.78 is 7.33. The van der Waals surface area contributed by atoms with Crippen LogP contribution in [0.15, 0.2) is 77.0 Å². The van der Waals surface area contributed by atoms with E-state index in [2.05, 4.69) is 61.3 Å². The molecule has 4 heterocycles. The van der Waals surface area contributed by atoms with E-state index in [-0.39, 0.29) is 31.6 Å². The number of rotatable bonds is 3. The molecule has 0 aliphatic carbocycles. The Morgan fingerprint density at radius 3 is 2.44 bits per heavy atom. The largest absolute Gasteiger partial charge is 0.512 e. The Balaban J connectivity index is 0.000000394. The summed E-state index contributed by atoms with van der Waals surface area (Å²) in [5.74, 6) is -0.0625. The Labute approximate surface area is 244 Å². The predicted molar refractivity (Wildman–Crippen MR) is 156 cm³/mol. The van der Waals surface area contributed by atoms with E-state index >= 15 is 0 Å². The zero-order valence-electron chi connectivity index (χ0n) is 22.3. The van der Waals surface area contributed by atoms with Gasteiger partial charge in [-0.1, -0.05) is 35.2 Å². The van der Waals surface area contributed by atoms with E-state index < -0.39 is 0 Å². The summed E-state index contributed by atoms with van der Waals surface area (Å²) in [6.45, 7) is 9.16. The molecule has 1 N–H and O–H groups in total. The smallest absolute Gasteiger partial charge is 0.216 e. The molecule has 5 nitrogen and oxygen atoms in total. The van der Waals surface area contributed by atoms with E-state index in [0.29, 0.717) is 5.71 Å². The molecule has 0 saturated heterocycles. The van der Waals surface area contributed by atoms with Crippen LogP contribution in [-0.2, 0) is 24.9 Å². The maximum Gasteiger partial charge on any atom is 0.216 e. The minimum absolute atomic E-state index is 0. The molecule has 1 radical (unpaired) electrons. The number of allylic oxidation sites excluding steroid dienone is 2. The number of aryl methyl sites for hydroxylation is 3. The number of hydrogen-bond donors (Lipinski definition) is 1. The van der Waals surface area contributed by atoms with Gasteiger partial charge in [-0.05, 0) is 80.6 Å². The average Bonchev–Trinajstić information content (AvgIpc) is 3.43. The SMILES string of the molecule is CC(=O)/C=C(/C)O.Cc1ccc2c(n1)oc1c(-c3cc4cc(-c5c(C)cccc5C)sc4cn3)[c-]ccc12.[Ir]. The molecule has 0 amide bonds. The molecule has 0 saturated carbocycles. The summed E-state index contributed by atoms with van der Waals surface area (Å²) in [5.41, 5.74) is 8.02. The molecule has 6 aromatic rings. The maximum atomic E-state index is 10.0. The van der Waals surface area contributed by atoms with Crippen LogP contribution in [-0.4, -0.2) is 20.9 Å². The van der Waals surface area contributed by atoms with E-state index in [0.717, 1.165) is 33.3 Å². The number of carbonyl (C=O) groups is 1. The van der Waals surface area contributed by atoms with Crippen LogP contribution in [0.3, 0.4) is 0 Å². The van der Waals surface area contributed by atoms with Crippen LogP contribution in [0.25, 0.3) is 53.9 Å². The number of aromatic nitrogens is 2. The molecule has 0 unspecified atom stereocenters. The summed E-state index contributed by atoms with van der Waals surface area (Å²) in [5, 5.41) is 11.6. The number of benzene rings is 2. The second-order valence-corrected chi connectivity index (χ2v) is 10.5. The van der Waals surface area contributed by atoms with Crippen molar-refractivity contribution in [2.24, 2.45) is 0 Å². The number of aliphatic hydroxyl groups is 1. The van der Waals surface area contributed by atoms with Crippen LogP contribution >= 0.6 is 11.3 Å². The van der Waals surface area contributed by atoms with Gasteiger partial charge in [-0.25, -0.2) is 4.98 Å². The zero-order chi connectivity index (χ0) is 27.0. The topological polar surface area (TPSA) is 76.2 Å². The van der Waals surface area contributed by atoms with Gasteiger partial charge in [0.2, 0.25) is 5.71 Å². The van der Waals surface area contributed by atoms with Gasteiger partial charge in [0.1, 0.15) is 0 Å². The third-order valence-electron chi connectivity index (χ3n) is 6.24. The molecule has 199 valence electrons. The van der Waals surface area contributed by atoms with Gasteiger partial charge in [0.25, 0.3) is 0 Å². The van der Waals surface area contributed by atoms with E-state index in [1.165, 1.54) is 51.6 Å². The van der Waals surface area contributed by atoms with E-state index in [9.17, 15) is 4.79 Å². The number of carbonyl (C=O) groups excluding carboxylic acids is 1. The summed E-state index contributed by atoms with van der Waals surface area (Å²) >= 11 is 1.79. The normalized spacial score (nSPS) is 11.4. The maximum absolute atomic E-state index is 10.0. The van der Waals surface area contributed by atoms with Crippen molar-refractivity contribution >= 4 is 49.3 Å². The molecule has 0 spiro atoms. The van der Waals surface area contributed by atoms with Crippen LogP contribution < -0.4 is 0 Å². The van der Waals surface area contributed by atoms with Crippen molar-refractivity contribution < 1.29 is 34.4 Å². The summed E-state index contributed by atoms with van der Waals surface area (Å²) in [4.78, 5) is 20.6. The number of ketones is 1. The summed E-state index contributed by atoms with van der Waals surface area (Å²) in [7, 11) is 0. The molecule has 4 aromatic heterocycles. The van der Waals surface area contributed by atoms with E-state index in [1.807, 2.05) is 31.3 Å². The van der Waals surface area contributed by atoms with Crippen molar-refractivity contribution in [2.75, 3.05) is 0 Å². The minimum atomic E-state index is -0.125. The van der Waals surface area contributed by atoms with E-state index in [4.69, 9.17) is 14.5 Å². The number of pyridine rings is 2. The number of aliphatic hydroxyl groups excluding tert-OH is 1. The quantitative estimate of drug-likeness (QED) is 0.113. The standard InChI is InChI=1S/C27H19N2OS.C5H8O2.Ir/c1-15-6-4-7-16(2)25(15)23-13-18-12-22(28-14-24(18)31-23)21-9-5-8-19-20-11-10-17(3)29-27(20)30-26(19)21;1-4(6)3-5(2)7;/h4-8,10-14H,1-3H3;3,6H,1-2H3;/q-1;;/b;4-3-;. The Bertz CT molecular complexity index is 1840. The predicted octanol–water partition coefficient (Wildman–Crippen LogP) is 8.68. The van der Waals surface area contributed by atoms with Crippen LogP contribution in [0.5, 0.6) is 0 Å². The summed E-state index contributed by atoms with van der Waals surface area (Å²) in [6.07, 6.45) is 3.13. The number of hydrogen-bond acceptors (Lipinski definition) is 6. The van der Waals surface area contributed by atoms with E-state index in [1.54, 1.807) is 11.3 Å². The molecule has 6 rings (SSSR count). The van der Waals surface area contributed by atoms with Gasteiger partial charge in [-0.15, -0.1) is 29.5 Å². The second-order valence-electron chi connectivity index (χ2n) is 9.38. The first kappa shape index (κ1) is 28.4. The third kappa shape index (κ3) is 5.86. The Hall–Kier alpha value is -3.64. The van der Waals surface area contributed by atoms with Gasteiger partial charge >= 0.3 is 0 Å². The second kappa shape index (κ2) is 11.6. The molecule has 0 aliphatic rings. The number of fused-ring (bicyclic) bond motifs is 4. The van der Waals surface area contributed by atoms with Gasteiger partial charge in [0.05, 0.1) is 16.0 Å². The Morgan fingerprint density at radius 1 is 1.03 bits per heavy atom. The number of nitrogens with zero attached hydrogens (tertiary/aromatic N) is 2. The molecule has 0 atom stereocenters. The van der Waals surface area contributed by atoms with Crippen molar-refractivity contribution in [1.29, 1.82) is 0 Å². The van der Waals surface area contributed by atoms with Gasteiger partial charge < -0.3 is 14.5 Å². The molecular formula is C32H27IrN2O3S-. The molecule has 7 heteroatoms. The van der Waals surface area contributed by atoms with Crippen molar-refractivity contribution in [3.63, 3.8) is 0 Å². The fraction of sp³-hybridized carbons (Fsp3) is 0.156. The Morgan fingerprint density at radius 2 is 1.77 bits per heavy atom. The average molecular weight is 712 g/mol. The minimum Gasteiger partial charge on any atom is -0.512 e. The van der Waals surface area contributed by atoms with Crippen molar-refractivity contribution in [3.8, 4) is 21.7 Å². The van der Waals surface area contributed by atoms with Gasteiger partial charge in [-0.3, -0.25) is 4.79 Å². The molecule has 0 bridgehead atoms.